The molecule has 28 heavy (non-hydrogen) atoms. The molecule has 0 atom stereocenters. The van der Waals surface area contributed by atoms with Gasteiger partial charge in [0.25, 0.3) is 10.0 Å². The molecule has 0 aliphatic heterocycles. The van der Waals surface area contributed by atoms with Gasteiger partial charge in [-0.3, -0.25) is 14.3 Å². The number of benzene rings is 2. The van der Waals surface area contributed by atoms with E-state index in [-0.39, 0.29) is 22.3 Å². The van der Waals surface area contributed by atoms with E-state index in [1.54, 1.807) is 60.0 Å². The highest BCUT2D eigenvalue weighted by atomic mass is 32.2. The molecule has 8 heteroatoms. The van der Waals surface area contributed by atoms with Crippen LogP contribution in [0, 0.1) is 0 Å². The third-order valence-electron chi connectivity index (χ3n) is 3.91. The molecule has 0 aliphatic rings. The van der Waals surface area contributed by atoms with Crippen molar-refractivity contribution in [3.63, 3.8) is 0 Å². The van der Waals surface area contributed by atoms with Crippen LogP contribution < -0.4 is 10.0 Å². The molecule has 1 heterocycles. The molecule has 0 saturated carbocycles. The molecule has 2 N–H and O–H groups in total. The monoisotopic (exact) mass is 414 g/mol. The summed E-state index contributed by atoms with van der Waals surface area (Å²) in [6.07, 6.45) is 0.145. The van der Waals surface area contributed by atoms with Gasteiger partial charge in [0, 0.05) is 16.9 Å². The second kappa shape index (κ2) is 8.37. The van der Waals surface area contributed by atoms with Crippen molar-refractivity contribution in [2.45, 2.75) is 17.6 Å². The minimum absolute atomic E-state index is 0.0346. The molecule has 0 saturated heterocycles. The lowest BCUT2D eigenvalue weighted by Gasteiger charge is -2.08. The predicted octanol–water partition coefficient (Wildman–Crippen LogP) is 3.93. The number of nitrogens with one attached hydrogen (secondary N) is 2. The number of sulfonamides is 1. The molecule has 1 amide bonds. The molecule has 0 aliphatic carbocycles. The summed E-state index contributed by atoms with van der Waals surface area (Å²) >= 11 is 1.14. The van der Waals surface area contributed by atoms with E-state index in [4.69, 9.17) is 0 Å². The Labute approximate surface area is 167 Å². The highest BCUT2D eigenvalue weighted by Crippen LogP contribution is 2.20. The number of carbonyl (C=O) groups is 2. The molecule has 3 rings (SSSR count). The number of rotatable bonds is 7. The number of Topliss-reactive ketones (excluding diaryl/α,β-unsaturated/α-hetero) is 1. The molecule has 0 radical (unpaired) electrons. The standard InChI is InChI=1S/C20H18N2O4S2/c1-14(23)16-6-10-17(11-7-16)21-19(24)13-15-4-8-18(9-5-15)22-28(25,26)20-3-2-12-27-20/h2-12,22H,13H2,1H3,(H,21,24). The lowest BCUT2D eigenvalue weighted by atomic mass is 10.1. The van der Waals surface area contributed by atoms with Crippen LogP contribution in [0.5, 0.6) is 0 Å². The van der Waals surface area contributed by atoms with Gasteiger partial charge in [-0.05, 0) is 60.3 Å². The van der Waals surface area contributed by atoms with Gasteiger partial charge in [-0.2, -0.15) is 0 Å². The zero-order chi connectivity index (χ0) is 20.1. The normalized spacial score (nSPS) is 11.0. The van der Waals surface area contributed by atoms with E-state index in [0.29, 0.717) is 16.9 Å². The highest BCUT2D eigenvalue weighted by Gasteiger charge is 2.15. The summed E-state index contributed by atoms with van der Waals surface area (Å²) in [5.41, 5.74) is 2.36. The maximum atomic E-state index is 12.2. The average Bonchev–Trinajstić information content (AvgIpc) is 3.19. The van der Waals surface area contributed by atoms with Gasteiger partial charge in [-0.1, -0.05) is 18.2 Å². The first-order valence-electron chi connectivity index (χ1n) is 8.39. The Morgan fingerprint density at radius 1 is 0.929 bits per heavy atom. The Balaban J connectivity index is 1.59. The molecule has 0 bridgehead atoms. The molecule has 144 valence electrons. The first-order valence-corrected chi connectivity index (χ1v) is 10.8. The summed E-state index contributed by atoms with van der Waals surface area (Å²) < 4.78 is 27.2. The first kappa shape index (κ1) is 19.8. The Bertz CT molecular complexity index is 1070. The number of hydrogen-bond donors (Lipinski definition) is 2. The van der Waals surface area contributed by atoms with Crippen molar-refractivity contribution in [1.82, 2.24) is 0 Å². The fourth-order valence-electron chi connectivity index (χ4n) is 2.49. The summed E-state index contributed by atoms with van der Waals surface area (Å²) in [5, 5.41) is 4.47. The van der Waals surface area contributed by atoms with E-state index < -0.39 is 10.0 Å². The van der Waals surface area contributed by atoms with Crippen molar-refractivity contribution in [3.05, 3.63) is 77.2 Å². The maximum absolute atomic E-state index is 12.2. The summed E-state index contributed by atoms with van der Waals surface area (Å²) in [4.78, 5) is 23.5. The molecule has 1 aromatic heterocycles. The van der Waals surface area contributed by atoms with E-state index in [1.807, 2.05) is 0 Å². The van der Waals surface area contributed by atoms with E-state index in [2.05, 4.69) is 10.0 Å². The van der Waals surface area contributed by atoms with Crippen molar-refractivity contribution < 1.29 is 18.0 Å². The van der Waals surface area contributed by atoms with E-state index >= 15 is 0 Å². The Morgan fingerprint density at radius 2 is 1.57 bits per heavy atom. The smallest absolute Gasteiger partial charge is 0.271 e. The topological polar surface area (TPSA) is 92.3 Å². The summed E-state index contributed by atoms with van der Waals surface area (Å²) in [6.45, 7) is 1.48. The van der Waals surface area contributed by atoms with Crippen LogP contribution >= 0.6 is 11.3 Å². The van der Waals surface area contributed by atoms with Crippen molar-refractivity contribution in [1.29, 1.82) is 0 Å². The van der Waals surface area contributed by atoms with Gasteiger partial charge in [0.05, 0.1) is 6.42 Å². The Kier molecular flexibility index (Phi) is 5.91. The van der Waals surface area contributed by atoms with Crippen LogP contribution in [0.2, 0.25) is 0 Å². The van der Waals surface area contributed by atoms with Crippen molar-refractivity contribution in [2.24, 2.45) is 0 Å². The molecule has 0 fully saturated rings. The lowest BCUT2D eigenvalue weighted by molar-refractivity contribution is -0.115. The van der Waals surface area contributed by atoms with E-state index in [9.17, 15) is 18.0 Å². The van der Waals surface area contributed by atoms with Crippen molar-refractivity contribution in [2.75, 3.05) is 10.0 Å². The lowest BCUT2D eigenvalue weighted by Crippen LogP contribution is -2.15. The van der Waals surface area contributed by atoms with Crippen LogP contribution in [0.3, 0.4) is 0 Å². The molecule has 2 aromatic carbocycles. The van der Waals surface area contributed by atoms with Crippen molar-refractivity contribution in [3.8, 4) is 0 Å². The minimum atomic E-state index is -3.59. The summed E-state index contributed by atoms with van der Waals surface area (Å²) in [6, 6.07) is 16.5. The van der Waals surface area contributed by atoms with Gasteiger partial charge in [-0.15, -0.1) is 11.3 Å². The van der Waals surface area contributed by atoms with Crippen LogP contribution in [0.1, 0.15) is 22.8 Å². The second-order valence-corrected chi connectivity index (χ2v) is 8.95. The summed E-state index contributed by atoms with van der Waals surface area (Å²) in [5.74, 6) is -0.241. The highest BCUT2D eigenvalue weighted by molar-refractivity contribution is 7.94. The van der Waals surface area contributed by atoms with Gasteiger partial charge in [0.2, 0.25) is 5.91 Å². The maximum Gasteiger partial charge on any atom is 0.271 e. The first-order chi connectivity index (χ1) is 13.3. The predicted molar refractivity (Wildman–Crippen MR) is 110 cm³/mol. The van der Waals surface area contributed by atoms with Crippen LogP contribution in [0.4, 0.5) is 11.4 Å². The molecule has 3 aromatic rings. The van der Waals surface area contributed by atoms with Crippen molar-refractivity contribution >= 4 is 44.4 Å². The number of hydrogen-bond acceptors (Lipinski definition) is 5. The number of amides is 1. The molecular weight excluding hydrogens is 396 g/mol. The third-order valence-corrected chi connectivity index (χ3v) is 6.68. The largest absolute Gasteiger partial charge is 0.326 e. The van der Waals surface area contributed by atoms with Gasteiger partial charge in [0.15, 0.2) is 5.78 Å². The fraction of sp³-hybridized carbons (Fsp3) is 0.100. The van der Waals surface area contributed by atoms with Crippen LogP contribution in [-0.4, -0.2) is 20.1 Å². The Morgan fingerprint density at radius 3 is 2.14 bits per heavy atom. The molecule has 0 unspecified atom stereocenters. The SMILES string of the molecule is CC(=O)c1ccc(NC(=O)Cc2ccc(NS(=O)(=O)c3cccs3)cc2)cc1. The van der Waals surface area contributed by atoms with Gasteiger partial charge in [0.1, 0.15) is 4.21 Å². The third kappa shape index (κ3) is 5.05. The zero-order valence-corrected chi connectivity index (χ0v) is 16.6. The Hall–Kier alpha value is -2.97. The second-order valence-electron chi connectivity index (χ2n) is 6.09. The number of carbonyl (C=O) groups excluding carboxylic acids is 2. The van der Waals surface area contributed by atoms with Gasteiger partial charge in [-0.25, -0.2) is 8.42 Å². The van der Waals surface area contributed by atoms with E-state index in [1.165, 1.54) is 13.0 Å². The average molecular weight is 415 g/mol. The summed E-state index contributed by atoms with van der Waals surface area (Å²) in [7, 11) is -3.59. The van der Waals surface area contributed by atoms with Crippen LogP contribution in [0.15, 0.2) is 70.3 Å². The van der Waals surface area contributed by atoms with E-state index in [0.717, 1.165) is 16.9 Å². The van der Waals surface area contributed by atoms with Crippen LogP contribution in [-0.2, 0) is 21.2 Å². The molecule has 0 spiro atoms. The molecule has 6 nitrogen and oxygen atoms in total. The van der Waals surface area contributed by atoms with Gasteiger partial charge < -0.3 is 5.32 Å². The molecular formula is C20H18N2O4S2. The fourth-order valence-corrected chi connectivity index (χ4v) is 4.54. The number of anilines is 2. The van der Waals surface area contributed by atoms with Crippen LogP contribution in [0.25, 0.3) is 0 Å². The van der Waals surface area contributed by atoms with Gasteiger partial charge >= 0.3 is 0 Å². The zero-order valence-electron chi connectivity index (χ0n) is 15.0. The number of thiophene rings is 1. The quantitative estimate of drug-likeness (QED) is 0.573. The number of ketones is 1. The minimum Gasteiger partial charge on any atom is -0.326 e.